The Kier molecular flexibility index (Phi) is 5.65. The molecule has 0 spiro atoms. The predicted octanol–water partition coefficient (Wildman–Crippen LogP) is 8.06. The van der Waals surface area contributed by atoms with Gasteiger partial charge in [0, 0.05) is 17.1 Å². The summed E-state index contributed by atoms with van der Waals surface area (Å²) in [5, 5.41) is 3.67. The van der Waals surface area contributed by atoms with Gasteiger partial charge in [-0.05, 0) is 34.0 Å². The molecule has 30 heavy (non-hydrogen) atoms. The maximum absolute atomic E-state index is 4.97. The second-order valence-corrected chi connectivity index (χ2v) is 9.20. The van der Waals surface area contributed by atoms with Crippen LogP contribution in [0.5, 0.6) is 0 Å². The molecule has 1 heterocycles. The SMILES string of the molecule is C(=Cc1ccccc1)CSCc1ccc2ccccc2c1-c1nc2ccccc2s1. The van der Waals surface area contributed by atoms with Gasteiger partial charge in [0.05, 0.1) is 10.2 Å². The maximum Gasteiger partial charge on any atom is 0.125 e. The Morgan fingerprint density at radius 3 is 2.50 bits per heavy atom. The second kappa shape index (κ2) is 8.86. The molecule has 4 aromatic carbocycles. The van der Waals surface area contributed by atoms with E-state index >= 15 is 0 Å². The average Bonchev–Trinajstić information content (AvgIpc) is 3.23. The maximum atomic E-state index is 4.97. The number of hydrogen-bond acceptors (Lipinski definition) is 3. The zero-order chi connectivity index (χ0) is 20.2. The molecule has 146 valence electrons. The fourth-order valence-corrected chi connectivity index (χ4v) is 5.52. The molecule has 0 aliphatic rings. The van der Waals surface area contributed by atoms with Crippen molar-refractivity contribution in [1.29, 1.82) is 0 Å². The summed E-state index contributed by atoms with van der Waals surface area (Å²) in [5.74, 6) is 1.95. The van der Waals surface area contributed by atoms with E-state index in [4.69, 9.17) is 4.98 Å². The first kappa shape index (κ1) is 19.1. The Morgan fingerprint density at radius 1 is 0.800 bits per heavy atom. The molecule has 0 aliphatic heterocycles. The van der Waals surface area contributed by atoms with Gasteiger partial charge in [0.2, 0.25) is 0 Å². The lowest BCUT2D eigenvalue weighted by molar-refractivity contribution is 1.40. The van der Waals surface area contributed by atoms with Gasteiger partial charge in [-0.25, -0.2) is 4.98 Å². The number of hydrogen-bond donors (Lipinski definition) is 0. The highest BCUT2D eigenvalue weighted by molar-refractivity contribution is 7.98. The van der Waals surface area contributed by atoms with Gasteiger partial charge >= 0.3 is 0 Å². The summed E-state index contributed by atoms with van der Waals surface area (Å²) in [4.78, 5) is 4.97. The lowest BCUT2D eigenvalue weighted by atomic mass is 10.00. The summed E-state index contributed by atoms with van der Waals surface area (Å²) in [6, 6.07) is 32.0. The summed E-state index contributed by atoms with van der Waals surface area (Å²) >= 11 is 3.73. The summed E-state index contributed by atoms with van der Waals surface area (Å²) < 4.78 is 1.24. The zero-order valence-corrected chi connectivity index (χ0v) is 18.1. The normalized spacial score (nSPS) is 11.6. The molecular formula is C27H21NS2. The van der Waals surface area contributed by atoms with Gasteiger partial charge in [-0.1, -0.05) is 91.0 Å². The molecule has 0 aliphatic carbocycles. The van der Waals surface area contributed by atoms with E-state index in [9.17, 15) is 0 Å². The number of para-hydroxylation sites is 1. The van der Waals surface area contributed by atoms with Crippen LogP contribution >= 0.6 is 23.1 Å². The van der Waals surface area contributed by atoms with Gasteiger partial charge in [-0.3, -0.25) is 0 Å². The highest BCUT2D eigenvalue weighted by Gasteiger charge is 2.14. The Labute approximate surface area is 185 Å². The van der Waals surface area contributed by atoms with Crippen molar-refractivity contribution in [3.8, 4) is 10.6 Å². The number of fused-ring (bicyclic) bond motifs is 2. The average molecular weight is 424 g/mol. The monoisotopic (exact) mass is 423 g/mol. The molecule has 0 atom stereocenters. The Bertz CT molecular complexity index is 1290. The first-order valence-corrected chi connectivity index (χ1v) is 12.0. The quantitative estimate of drug-likeness (QED) is 0.256. The minimum absolute atomic E-state index is 0.967. The lowest BCUT2D eigenvalue weighted by Gasteiger charge is -2.11. The van der Waals surface area contributed by atoms with Crippen LogP contribution in [0.3, 0.4) is 0 Å². The van der Waals surface area contributed by atoms with Crippen molar-refractivity contribution in [2.24, 2.45) is 0 Å². The van der Waals surface area contributed by atoms with Crippen molar-refractivity contribution in [2.75, 3.05) is 5.75 Å². The highest BCUT2D eigenvalue weighted by atomic mass is 32.2. The van der Waals surface area contributed by atoms with Crippen LogP contribution in [-0.2, 0) is 5.75 Å². The highest BCUT2D eigenvalue weighted by Crippen LogP contribution is 2.38. The van der Waals surface area contributed by atoms with E-state index in [2.05, 4.69) is 103 Å². The van der Waals surface area contributed by atoms with E-state index in [1.54, 1.807) is 11.3 Å². The van der Waals surface area contributed by atoms with Crippen LogP contribution in [0.1, 0.15) is 11.1 Å². The molecule has 0 amide bonds. The number of thiazole rings is 1. The molecule has 0 saturated carbocycles. The summed E-state index contributed by atoms with van der Waals surface area (Å²) in [5.41, 5.74) is 4.97. The van der Waals surface area contributed by atoms with Crippen LogP contribution in [-0.4, -0.2) is 10.7 Å². The number of aromatic nitrogens is 1. The van der Waals surface area contributed by atoms with E-state index in [0.717, 1.165) is 22.0 Å². The first-order chi connectivity index (χ1) is 14.9. The predicted molar refractivity (Wildman–Crippen MR) is 134 cm³/mol. The minimum Gasteiger partial charge on any atom is -0.236 e. The lowest BCUT2D eigenvalue weighted by Crippen LogP contribution is -1.90. The molecule has 5 aromatic rings. The summed E-state index contributed by atoms with van der Waals surface area (Å²) in [6.07, 6.45) is 4.44. The van der Waals surface area contributed by atoms with Crippen LogP contribution < -0.4 is 0 Å². The topological polar surface area (TPSA) is 12.9 Å². The Balaban J connectivity index is 1.44. The standard InChI is InChI=1S/C27H21NS2/c1-2-9-20(10-3-1)11-8-18-29-19-22-17-16-21-12-4-5-13-23(21)26(22)27-28-24-14-6-7-15-25(24)30-27/h1-17H,18-19H2. The molecule has 3 heteroatoms. The van der Waals surface area contributed by atoms with Crippen molar-refractivity contribution in [3.05, 3.63) is 108 Å². The van der Waals surface area contributed by atoms with E-state index in [1.807, 2.05) is 11.8 Å². The molecule has 0 N–H and O–H groups in total. The number of thioether (sulfide) groups is 1. The van der Waals surface area contributed by atoms with Gasteiger partial charge in [-0.2, -0.15) is 11.8 Å². The van der Waals surface area contributed by atoms with Crippen LogP contribution in [0.4, 0.5) is 0 Å². The molecule has 5 rings (SSSR count). The van der Waals surface area contributed by atoms with E-state index in [0.29, 0.717) is 0 Å². The van der Waals surface area contributed by atoms with Crippen molar-refractivity contribution in [3.63, 3.8) is 0 Å². The van der Waals surface area contributed by atoms with E-state index in [-0.39, 0.29) is 0 Å². The van der Waals surface area contributed by atoms with Crippen molar-refractivity contribution in [1.82, 2.24) is 4.98 Å². The van der Waals surface area contributed by atoms with Crippen molar-refractivity contribution < 1.29 is 0 Å². The van der Waals surface area contributed by atoms with Crippen LogP contribution in [0.25, 0.3) is 37.6 Å². The molecule has 0 saturated heterocycles. The van der Waals surface area contributed by atoms with E-state index in [1.165, 1.54) is 32.2 Å². The van der Waals surface area contributed by atoms with Crippen molar-refractivity contribution >= 4 is 50.2 Å². The number of rotatable bonds is 6. The number of nitrogens with zero attached hydrogens (tertiary/aromatic N) is 1. The molecular weight excluding hydrogens is 402 g/mol. The molecule has 1 nitrogen and oxygen atoms in total. The van der Waals surface area contributed by atoms with Gasteiger partial charge in [0.25, 0.3) is 0 Å². The van der Waals surface area contributed by atoms with Crippen LogP contribution in [0.15, 0.2) is 97.1 Å². The summed E-state index contributed by atoms with van der Waals surface area (Å²) in [7, 11) is 0. The van der Waals surface area contributed by atoms with Gasteiger partial charge in [0.15, 0.2) is 0 Å². The molecule has 0 fully saturated rings. The fourth-order valence-electron chi connectivity index (χ4n) is 3.65. The second-order valence-electron chi connectivity index (χ2n) is 7.14. The molecule has 0 radical (unpaired) electrons. The smallest absolute Gasteiger partial charge is 0.125 e. The third-order valence-corrected chi connectivity index (χ3v) is 7.10. The zero-order valence-electron chi connectivity index (χ0n) is 16.5. The van der Waals surface area contributed by atoms with Gasteiger partial charge in [-0.15, -0.1) is 11.3 Å². The van der Waals surface area contributed by atoms with Gasteiger partial charge in [0.1, 0.15) is 5.01 Å². The Morgan fingerprint density at radius 2 is 1.60 bits per heavy atom. The van der Waals surface area contributed by atoms with Gasteiger partial charge < -0.3 is 0 Å². The van der Waals surface area contributed by atoms with Crippen LogP contribution in [0.2, 0.25) is 0 Å². The third kappa shape index (κ3) is 4.04. The van der Waals surface area contributed by atoms with E-state index < -0.39 is 0 Å². The largest absolute Gasteiger partial charge is 0.236 e. The number of benzene rings is 4. The van der Waals surface area contributed by atoms with Crippen molar-refractivity contribution in [2.45, 2.75) is 5.75 Å². The van der Waals surface area contributed by atoms with Crippen LogP contribution in [0, 0.1) is 0 Å². The third-order valence-electron chi connectivity index (χ3n) is 5.10. The molecule has 0 bridgehead atoms. The Hall–Kier alpha value is -2.88. The minimum atomic E-state index is 0.967. The fraction of sp³-hybridized carbons (Fsp3) is 0.0741. The summed E-state index contributed by atoms with van der Waals surface area (Å²) in [6.45, 7) is 0. The molecule has 0 unspecified atom stereocenters. The first-order valence-electron chi connectivity index (χ1n) is 10.0. The molecule has 1 aromatic heterocycles.